The lowest BCUT2D eigenvalue weighted by atomic mass is 10.2. The van der Waals surface area contributed by atoms with Crippen LogP contribution in [-0.2, 0) is 14.3 Å². The van der Waals surface area contributed by atoms with Crippen LogP contribution >= 0.6 is 15.9 Å². The number of aromatic nitrogens is 2. The topological polar surface area (TPSA) is 106 Å². The van der Waals surface area contributed by atoms with E-state index in [9.17, 15) is 9.59 Å². The minimum absolute atomic E-state index is 0.144. The third-order valence-corrected chi connectivity index (χ3v) is 5.46. The van der Waals surface area contributed by atoms with Crippen LogP contribution in [0.25, 0.3) is 10.9 Å². The molecule has 0 aliphatic rings. The molecule has 0 saturated carbocycles. The van der Waals surface area contributed by atoms with Gasteiger partial charge in [-0.1, -0.05) is 41.9 Å². The Labute approximate surface area is 219 Å². The van der Waals surface area contributed by atoms with Crippen molar-refractivity contribution < 1.29 is 19.1 Å². The molecule has 1 aromatic heterocycles. The van der Waals surface area contributed by atoms with E-state index in [0.29, 0.717) is 35.9 Å². The molecule has 1 heterocycles. The average Bonchev–Trinajstić information content (AvgIpc) is 2.82. The van der Waals surface area contributed by atoms with Crippen molar-refractivity contribution in [1.29, 1.82) is 0 Å². The van der Waals surface area contributed by atoms with Crippen molar-refractivity contribution in [1.82, 2.24) is 14.9 Å². The summed E-state index contributed by atoms with van der Waals surface area (Å²) in [6.07, 6.45) is 4.57. The Kier molecular flexibility index (Phi) is 9.77. The molecule has 36 heavy (non-hydrogen) atoms. The van der Waals surface area contributed by atoms with E-state index in [0.717, 1.165) is 15.5 Å². The molecule has 2 N–H and O–H groups in total. The van der Waals surface area contributed by atoms with Crippen LogP contribution in [0.5, 0.6) is 5.75 Å². The van der Waals surface area contributed by atoms with Crippen LogP contribution in [-0.4, -0.2) is 60.6 Å². The van der Waals surface area contributed by atoms with Gasteiger partial charge in [0.1, 0.15) is 17.9 Å². The molecular formula is C26H30BrN5O4. The Morgan fingerprint density at radius 1 is 1.19 bits per heavy atom. The van der Waals surface area contributed by atoms with Crippen LogP contribution in [0.1, 0.15) is 13.8 Å². The Balaban J connectivity index is 1.69. The number of likely N-dealkylation sites (N-methyl/N-ethyl adjacent to an activating group) is 1. The third-order valence-electron chi connectivity index (χ3n) is 4.96. The molecule has 3 rings (SSSR count). The van der Waals surface area contributed by atoms with Gasteiger partial charge in [-0.05, 0) is 37.2 Å². The van der Waals surface area contributed by atoms with Crippen LogP contribution in [0, 0.1) is 5.92 Å². The molecule has 10 heteroatoms. The largest absolute Gasteiger partial charge is 0.494 e. The molecule has 0 atom stereocenters. The molecule has 2 aromatic carbocycles. The number of nitrogens with zero attached hydrogens (tertiary/aromatic N) is 3. The zero-order chi connectivity index (χ0) is 26.1. The number of fused-ring (bicyclic) bond motifs is 1. The summed E-state index contributed by atoms with van der Waals surface area (Å²) in [5.41, 5.74) is 2.00. The Hall–Kier alpha value is -3.50. The predicted molar refractivity (Wildman–Crippen MR) is 145 cm³/mol. The summed E-state index contributed by atoms with van der Waals surface area (Å²) in [5.74, 6) is 0.731. The van der Waals surface area contributed by atoms with Crippen molar-refractivity contribution >= 4 is 55.9 Å². The second-order valence-electron chi connectivity index (χ2n) is 8.59. The van der Waals surface area contributed by atoms with Crippen LogP contribution in [0.4, 0.5) is 17.2 Å². The second-order valence-corrected chi connectivity index (χ2v) is 9.51. The van der Waals surface area contributed by atoms with E-state index in [2.05, 4.69) is 36.5 Å². The number of carbonyl (C=O) groups excluding carboxylic acids is 2. The summed E-state index contributed by atoms with van der Waals surface area (Å²) in [6.45, 7) is 4.91. The molecule has 0 spiro atoms. The molecular weight excluding hydrogens is 526 g/mol. The van der Waals surface area contributed by atoms with E-state index in [1.807, 2.05) is 38.1 Å². The van der Waals surface area contributed by atoms with Gasteiger partial charge in [-0.3, -0.25) is 14.5 Å². The number of hydrogen-bond donors (Lipinski definition) is 2. The normalized spacial score (nSPS) is 11.3. The molecule has 0 radical (unpaired) electrons. The molecule has 3 aromatic rings. The third kappa shape index (κ3) is 8.03. The van der Waals surface area contributed by atoms with Crippen molar-refractivity contribution in [3.63, 3.8) is 0 Å². The first kappa shape index (κ1) is 27.1. The number of anilines is 3. The number of benzene rings is 2. The number of amides is 1. The number of hydrogen-bond acceptors (Lipinski definition) is 8. The molecule has 0 aliphatic carbocycles. The van der Waals surface area contributed by atoms with Crippen molar-refractivity contribution in [3.05, 3.63) is 59.4 Å². The maximum Gasteiger partial charge on any atom is 0.320 e. The van der Waals surface area contributed by atoms with Crippen molar-refractivity contribution in [2.75, 3.05) is 44.5 Å². The second kappa shape index (κ2) is 13.0. The molecule has 0 fully saturated rings. The monoisotopic (exact) mass is 555 g/mol. The van der Waals surface area contributed by atoms with E-state index in [4.69, 9.17) is 9.47 Å². The fourth-order valence-electron chi connectivity index (χ4n) is 3.26. The van der Waals surface area contributed by atoms with Gasteiger partial charge in [0.05, 0.1) is 31.5 Å². The predicted octanol–water partition coefficient (Wildman–Crippen LogP) is 4.77. The van der Waals surface area contributed by atoms with Gasteiger partial charge in [-0.25, -0.2) is 9.97 Å². The maximum atomic E-state index is 12.6. The molecule has 0 unspecified atom stereocenters. The highest BCUT2D eigenvalue weighted by Gasteiger charge is 2.13. The van der Waals surface area contributed by atoms with Crippen LogP contribution in [0.3, 0.4) is 0 Å². The van der Waals surface area contributed by atoms with E-state index in [1.165, 1.54) is 19.5 Å². The first-order chi connectivity index (χ1) is 17.2. The van der Waals surface area contributed by atoms with Gasteiger partial charge in [0.15, 0.2) is 0 Å². The quantitative estimate of drug-likeness (QED) is 0.257. The van der Waals surface area contributed by atoms with Gasteiger partial charge in [-0.2, -0.15) is 0 Å². The number of methoxy groups -OCH3 is 1. The number of nitrogens with one attached hydrogen (secondary N) is 2. The van der Waals surface area contributed by atoms with Gasteiger partial charge < -0.3 is 20.1 Å². The highest BCUT2D eigenvalue weighted by atomic mass is 79.9. The zero-order valence-electron chi connectivity index (χ0n) is 20.7. The van der Waals surface area contributed by atoms with Gasteiger partial charge in [0, 0.05) is 34.2 Å². The van der Waals surface area contributed by atoms with Crippen LogP contribution in [0.2, 0.25) is 0 Å². The summed E-state index contributed by atoms with van der Waals surface area (Å²) in [5, 5.41) is 6.86. The van der Waals surface area contributed by atoms with E-state index in [-0.39, 0.29) is 24.3 Å². The van der Waals surface area contributed by atoms with Gasteiger partial charge in [-0.15, -0.1) is 0 Å². The summed E-state index contributed by atoms with van der Waals surface area (Å²) in [4.78, 5) is 34.9. The molecule has 9 nitrogen and oxygen atoms in total. The molecule has 0 bridgehead atoms. The smallest absolute Gasteiger partial charge is 0.320 e. The lowest BCUT2D eigenvalue weighted by molar-refractivity contribution is -0.145. The standard InChI is InChI=1S/C26H30BrN5O4/c1-17(2)15-36-25(34)14-32(3)10-6-9-24(33)31-22-12-20-21(13-23(22)35-4)28-16-29-26(20)30-19-8-5-7-18(27)11-19/h5-9,11-13,16-17H,10,14-15H2,1-4H3,(H,31,33)(H,28,29,30)/b9-6+. The van der Waals surface area contributed by atoms with E-state index in [1.54, 1.807) is 30.2 Å². The first-order valence-corrected chi connectivity index (χ1v) is 12.2. The molecule has 0 saturated heterocycles. The lowest BCUT2D eigenvalue weighted by Crippen LogP contribution is -2.28. The number of ether oxygens (including phenoxy) is 2. The van der Waals surface area contributed by atoms with Crippen LogP contribution < -0.4 is 15.4 Å². The minimum atomic E-state index is -0.332. The van der Waals surface area contributed by atoms with Crippen molar-refractivity contribution in [3.8, 4) is 5.75 Å². The lowest BCUT2D eigenvalue weighted by Gasteiger charge is -2.14. The van der Waals surface area contributed by atoms with Gasteiger partial charge >= 0.3 is 5.97 Å². The summed E-state index contributed by atoms with van der Waals surface area (Å²) in [7, 11) is 3.31. The zero-order valence-corrected chi connectivity index (χ0v) is 22.3. The van der Waals surface area contributed by atoms with Gasteiger partial charge in [0.2, 0.25) is 5.91 Å². The first-order valence-electron chi connectivity index (χ1n) is 11.4. The Morgan fingerprint density at radius 3 is 2.72 bits per heavy atom. The minimum Gasteiger partial charge on any atom is -0.494 e. The number of halogens is 1. The molecule has 190 valence electrons. The maximum absolute atomic E-state index is 12.6. The summed E-state index contributed by atoms with van der Waals surface area (Å²) >= 11 is 3.47. The van der Waals surface area contributed by atoms with Gasteiger partial charge in [0.25, 0.3) is 0 Å². The van der Waals surface area contributed by atoms with Crippen LogP contribution in [0.15, 0.2) is 59.4 Å². The summed E-state index contributed by atoms with van der Waals surface area (Å²) in [6, 6.07) is 11.2. The Morgan fingerprint density at radius 2 is 2.00 bits per heavy atom. The number of esters is 1. The van der Waals surface area contributed by atoms with Crippen molar-refractivity contribution in [2.45, 2.75) is 13.8 Å². The average molecular weight is 556 g/mol. The van der Waals surface area contributed by atoms with E-state index < -0.39 is 0 Å². The van der Waals surface area contributed by atoms with E-state index >= 15 is 0 Å². The molecule has 0 aliphatic heterocycles. The number of carbonyl (C=O) groups is 2. The number of rotatable bonds is 11. The summed E-state index contributed by atoms with van der Waals surface area (Å²) < 4.78 is 11.6. The highest BCUT2D eigenvalue weighted by molar-refractivity contribution is 9.10. The SMILES string of the molecule is COc1cc2ncnc(Nc3cccc(Br)c3)c2cc1NC(=O)/C=C/CN(C)CC(=O)OCC(C)C. The highest BCUT2D eigenvalue weighted by Crippen LogP contribution is 2.33. The Bertz CT molecular complexity index is 1250. The fraction of sp³-hybridized carbons (Fsp3) is 0.308. The van der Waals surface area contributed by atoms with Crippen molar-refractivity contribution in [2.24, 2.45) is 5.92 Å². The fourth-order valence-corrected chi connectivity index (χ4v) is 3.66. The molecule has 1 amide bonds.